The summed E-state index contributed by atoms with van der Waals surface area (Å²) >= 11 is 0. The summed E-state index contributed by atoms with van der Waals surface area (Å²) in [6.07, 6.45) is 5.22. The van der Waals surface area contributed by atoms with Gasteiger partial charge in [-0.05, 0) is 108 Å². The second-order valence-electron chi connectivity index (χ2n) is 10.1. The first kappa shape index (κ1) is 25.6. The van der Waals surface area contributed by atoms with Gasteiger partial charge in [0.15, 0.2) is 6.29 Å². The average Bonchev–Trinajstić information content (AvgIpc) is 3.09. The van der Waals surface area contributed by atoms with Crippen LogP contribution in [0.25, 0.3) is 0 Å². The van der Waals surface area contributed by atoms with Gasteiger partial charge in [0, 0.05) is 19.8 Å². The molecule has 1 fully saturated rings. The molecule has 1 heterocycles. The van der Waals surface area contributed by atoms with Crippen molar-refractivity contribution in [3.05, 3.63) is 34.4 Å². The van der Waals surface area contributed by atoms with E-state index in [0.717, 1.165) is 19.6 Å². The molecule has 32 heavy (non-hydrogen) atoms. The number of rotatable bonds is 12. The fourth-order valence-corrected chi connectivity index (χ4v) is 5.07. The molecule has 5 heteroatoms. The van der Waals surface area contributed by atoms with Crippen LogP contribution < -0.4 is 0 Å². The molecule has 0 saturated carbocycles. The Morgan fingerprint density at radius 2 is 1.25 bits per heavy atom. The van der Waals surface area contributed by atoms with Crippen LogP contribution in [-0.4, -0.2) is 56.2 Å². The largest absolute Gasteiger partial charge is 0.374 e. The number of ether oxygens (including phenoxy) is 4. The number of hydrogen-bond acceptors (Lipinski definition) is 5. The van der Waals surface area contributed by atoms with E-state index in [1.165, 1.54) is 47.9 Å². The lowest BCUT2D eigenvalue weighted by Crippen LogP contribution is -2.44. The van der Waals surface area contributed by atoms with Gasteiger partial charge in [-0.25, -0.2) is 0 Å². The molecule has 0 N–H and O–H groups in total. The molecule has 0 aromatic heterocycles. The summed E-state index contributed by atoms with van der Waals surface area (Å²) < 4.78 is 23.5. The molecular formula is C27H45NO4. The van der Waals surface area contributed by atoms with Crippen molar-refractivity contribution in [2.75, 3.05) is 32.8 Å². The Hall–Kier alpha value is -0.980. The molecule has 2 aliphatic rings. The molecule has 1 aromatic rings. The maximum absolute atomic E-state index is 5.98. The van der Waals surface area contributed by atoms with E-state index in [1.807, 2.05) is 13.8 Å². The van der Waals surface area contributed by atoms with E-state index >= 15 is 0 Å². The molecule has 0 atom stereocenters. The summed E-state index contributed by atoms with van der Waals surface area (Å²) in [7, 11) is 0. The molecule has 1 aromatic carbocycles. The number of fused-ring (bicyclic) bond motifs is 1. The van der Waals surface area contributed by atoms with E-state index in [4.69, 9.17) is 18.9 Å². The van der Waals surface area contributed by atoms with E-state index in [1.54, 1.807) is 0 Å². The molecule has 0 unspecified atom stereocenters. The predicted molar refractivity (Wildman–Crippen MR) is 129 cm³/mol. The molecule has 0 radical (unpaired) electrons. The second-order valence-corrected chi connectivity index (χ2v) is 10.1. The maximum atomic E-state index is 5.98. The molecule has 182 valence electrons. The molecule has 1 aliphatic carbocycles. The number of hydrogen-bond donors (Lipinski definition) is 0. The summed E-state index contributed by atoms with van der Waals surface area (Å²) in [6, 6.07) is 4.83. The molecule has 5 nitrogen and oxygen atoms in total. The third-order valence-corrected chi connectivity index (χ3v) is 6.83. The van der Waals surface area contributed by atoms with Crippen molar-refractivity contribution in [3.8, 4) is 0 Å². The number of nitrogens with zero attached hydrogens (tertiary/aromatic N) is 1. The van der Waals surface area contributed by atoms with Crippen LogP contribution in [0.2, 0.25) is 0 Å². The third-order valence-electron chi connectivity index (χ3n) is 6.83. The number of benzene rings is 1. The molecule has 0 bridgehead atoms. The number of likely N-dealkylation sites (tertiary alicyclic amines) is 1. The summed E-state index contributed by atoms with van der Waals surface area (Å²) in [5, 5.41) is 0. The van der Waals surface area contributed by atoms with Gasteiger partial charge in [-0.3, -0.25) is 4.90 Å². The van der Waals surface area contributed by atoms with Crippen molar-refractivity contribution < 1.29 is 18.9 Å². The Morgan fingerprint density at radius 1 is 0.781 bits per heavy atom. The Balaban J connectivity index is 1.65. The lowest BCUT2D eigenvalue weighted by molar-refractivity contribution is -0.150. The van der Waals surface area contributed by atoms with E-state index < -0.39 is 0 Å². The van der Waals surface area contributed by atoms with Crippen molar-refractivity contribution >= 4 is 0 Å². The van der Waals surface area contributed by atoms with E-state index in [-0.39, 0.29) is 18.5 Å². The van der Waals surface area contributed by atoms with Gasteiger partial charge in [0.1, 0.15) is 0 Å². The van der Waals surface area contributed by atoms with Crippen LogP contribution in [0.4, 0.5) is 0 Å². The summed E-state index contributed by atoms with van der Waals surface area (Å²) in [4.78, 5) is 2.52. The smallest absolute Gasteiger partial charge is 0.170 e. The molecule has 1 spiro atoms. The van der Waals surface area contributed by atoms with Gasteiger partial charge >= 0.3 is 0 Å². The normalized spacial score (nSPS) is 18.4. The van der Waals surface area contributed by atoms with E-state index in [2.05, 4.69) is 44.7 Å². The minimum atomic E-state index is -0.105. The molecule has 3 rings (SSSR count). The number of piperidine rings is 1. The average molecular weight is 448 g/mol. The van der Waals surface area contributed by atoms with Crippen LogP contribution in [0, 0.1) is 5.41 Å². The van der Waals surface area contributed by atoms with Gasteiger partial charge in [-0.2, -0.15) is 0 Å². The zero-order valence-electron chi connectivity index (χ0n) is 21.2. The van der Waals surface area contributed by atoms with Crippen LogP contribution in [0.1, 0.15) is 76.6 Å². The Labute approximate surface area is 195 Å². The molecule has 1 aliphatic heterocycles. The monoisotopic (exact) mass is 447 g/mol. The van der Waals surface area contributed by atoms with Gasteiger partial charge in [-0.1, -0.05) is 12.1 Å². The lowest BCUT2D eigenvalue weighted by Gasteiger charge is -2.40. The topological polar surface area (TPSA) is 40.2 Å². The fraction of sp³-hybridized carbons (Fsp3) is 0.778. The van der Waals surface area contributed by atoms with Crippen LogP contribution in [0.3, 0.4) is 0 Å². The van der Waals surface area contributed by atoms with Crippen LogP contribution in [0.15, 0.2) is 12.1 Å². The van der Waals surface area contributed by atoms with Gasteiger partial charge in [0.05, 0.1) is 25.4 Å². The quantitative estimate of drug-likeness (QED) is 0.416. The summed E-state index contributed by atoms with van der Waals surface area (Å²) in [5.41, 5.74) is 6.04. The van der Waals surface area contributed by atoms with E-state index in [9.17, 15) is 0 Å². The van der Waals surface area contributed by atoms with Crippen LogP contribution in [-0.2, 0) is 45.0 Å². The summed E-state index contributed by atoms with van der Waals surface area (Å²) in [5.74, 6) is 0. The van der Waals surface area contributed by atoms with Crippen molar-refractivity contribution in [1.29, 1.82) is 0 Å². The first-order chi connectivity index (χ1) is 15.3. The molecule has 1 saturated heterocycles. The Kier molecular flexibility index (Phi) is 9.56. The molecule has 0 amide bonds. The third kappa shape index (κ3) is 7.01. The minimum Gasteiger partial charge on any atom is -0.374 e. The second kappa shape index (κ2) is 11.9. The van der Waals surface area contributed by atoms with Crippen molar-refractivity contribution in [2.24, 2.45) is 5.41 Å². The lowest BCUT2D eigenvalue weighted by atomic mass is 9.76. The Morgan fingerprint density at radius 3 is 1.66 bits per heavy atom. The fourth-order valence-electron chi connectivity index (χ4n) is 5.07. The summed E-state index contributed by atoms with van der Waals surface area (Å²) in [6.45, 7) is 18.3. The zero-order valence-corrected chi connectivity index (χ0v) is 21.2. The highest BCUT2D eigenvalue weighted by molar-refractivity contribution is 5.42. The minimum absolute atomic E-state index is 0.105. The highest BCUT2D eigenvalue weighted by Crippen LogP contribution is 2.45. The first-order valence-electron chi connectivity index (χ1n) is 12.7. The van der Waals surface area contributed by atoms with Crippen molar-refractivity contribution in [1.82, 2.24) is 4.90 Å². The van der Waals surface area contributed by atoms with Gasteiger partial charge in [-0.15, -0.1) is 0 Å². The highest BCUT2D eigenvalue weighted by atomic mass is 16.7. The van der Waals surface area contributed by atoms with Gasteiger partial charge in [0.25, 0.3) is 0 Å². The van der Waals surface area contributed by atoms with Crippen molar-refractivity contribution in [2.45, 2.75) is 98.9 Å². The highest BCUT2D eigenvalue weighted by Gasteiger charge is 2.40. The zero-order chi connectivity index (χ0) is 23.1. The van der Waals surface area contributed by atoms with Crippen LogP contribution in [0.5, 0.6) is 0 Å². The first-order valence-corrected chi connectivity index (χ1v) is 12.7. The van der Waals surface area contributed by atoms with Gasteiger partial charge < -0.3 is 18.9 Å². The predicted octanol–water partition coefficient (Wildman–Crippen LogP) is 5.12. The standard InChI is InChI=1S/C27H45NO4/c1-7-29-26(30-8-2)17-28-11-9-27(10-12-28)15-22-13-24(18-31-20(3)4)25(14-23(22)16-27)19-32-21(5)6/h13-14,20-21,26H,7-12,15-19H2,1-6H3. The van der Waals surface area contributed by atoms with Crippen LogP contribution >= 0.6 is 0 Å². The van der Waals surface area contributed by atoms with E-state index in [0.29, 0.717) is 31.8 Å². The SMILES string of the molecule is CCOC(CN1CCC2(CC1)Cc1cc(COC(C)C)c(COC(C)C)cc1C2)OCC. The Bertz CT molecular complexity index is 661. The van der Waals surface area contributed by atoms with Crippen molar-refractivity contribution in [3.63, 3.8) is 0 Å². The molecular weight excluding hydrogens is 402 g/mol. The maximum Gasteiger partial charge on any atom is 0.170 e. The van der Waals surface area contributed by atoms with Gasteiger partial charge in [0.2, 0.25) is 0 Å².